The molecule has 86 valence electrons. The van der Waals surface area contributed by atoms with Crippen LogP contribution in [0, 0.1) is 11.8 Å². The molecule has 0 saturated carbocycles. The lowest BCUT2D eigenvalue weighted by molar-refractivity contribution is -0.143. The molecule has 2 saturated heterocycles. The van der Waals surface area contributed by atoms with Crippen LogP contribution in [0.25, 0.3) is 0 Å². The number of hydrogen-bond donors (Lipinski definition) is 0. The van der Waals surface area contributed by atoms with Crippen LogP contribution in [0.3, 0.4) is 0 Å². The van der Waals surface area contributed by atoms with Crippen LogP contribution in [0.4, 0.5) is 0 Å². The minimum Gasteiger partial charge on any atom is -0.339 e. The van der Waals surface area contributed by atoms with Gasteiger partial charge in [0.1, 0.15) is 0 Å². The minimum absolute atomic E-state index is 0.305. The number of nitrogens with zero attached hydrogens (tertiary/aromatic N) is 1. The van der Waals surface area contributed by atoms with E-state index in [1.165, 1.54) is 32.1 Å². The molecule has 0 aliphatic carbocycles. The number of hydrogen-bond acceptors (Lipinski definition) is 1. The van der Waals surface area contributed by atoms with Gasteiger partial charge in [-0.05, 0) is 31.6 Å². The van der Waals surface area contributed by atoms with Crippen molar-refractivity contribution in [2.75, 3.05) is 6.54 Å². The molecular formula is C13H23NO. The molecule has 2 aliphatic rings. The first kappa shape index (κ1) is 11.0. The smallest absolute Gasteiger partial charge is 0.226 e. The maximum atomic E-state index is 12.3. The van der Waals surface area contributed by atoms with Crippen LogP contribution in [-0.4, -0.2) is 23.4 Å². The monoisotopic (exact) mass is 209 g/mol. The Hall–Kier alpha value is -0.530. The standard InChI is InChI=1S/C13H23NO/c1-10(2)12-8-7-11-6-4-3-5-9-14(11)13(12)15/h10-12H,3-9H2,1-2H3. The molecule has 0 spiro atoms. The summed E-state index contributed by atoms with van der Waals surface area (Å²) in [5.74, 6) is 1.27. The molecule has 0 aromatic rings. The summed E-state index contributed by atoms with van der Waals surface area (Å²) in [5.41, 5.74) is 0. The van der Waals surface area contributed by atoms with Gasteiger partial charge in [-0.2, -0.15) is 0 Å². The molecule has 1 amide bonds. The van der Waals surface area contributed by atoms with Crippen LogP contribution >= 0.6 is 0 Å². The summed E-state index contributed by atoms with van der Waals surface area (Å²) < 4.78 is 0. The highest BCUT2D eigenvalue weighted by Gasteiger charge is 2.36. The van der Waals surface area contributed by atoms with Crippen molar-refractivity contribution in [2.45, 2.75) is 58.4 Å². The van der Waals surface area contributed by atoms with Crippen molar-refractivity contribution in [3.05, 3.63) is 0 Å². The largest absolute Gasteiger partial charge is 0.339 e. The molecular weight excluding hydrogens is 186 g/mol. The van der Waals surface area contributed by atoms with Crippen molar-refractivity contribution < 1.29 is 4.79 Å². The van der Waals surface area contributed by atoms with Gasteiger partial charge in [-0.25, -0.2) is 0 Å². The highest BCUT2D eigenvalue weighted by molar-refractivity contribution is 5.80. The molecule has 0 aromatic carbocycles. The Balaban J connectivity index is 2.08. The molecule has 2 heterocycles. The normalized spacial score (nSPS) is 32.7. The van der Waals surface area contributed by atoms with Gasteiger partial charge in [-0.15, -0.1) is 0 Å². The van der Waals surface area contributed by atoms with Crippen molar-refractivity contribution in [1.29, 1.82) is 0 Å². The van der Waals surface area contributed by atoms with E-state index in [-0.39, 0.29) is 0 Å². The summed E-state index contributed by atoms with van der Waals surface area (Å²) in [6, 6.07) is 0.579. The van der Waals surface area contributed by atoms with E-state index in [4.69, 9.17) is 0 Å². The fourth-order valence-corrected chi connectivity index (χ4v) is 3.09. The van der Waals surface area contributed by atoms with Crippen molar-refractivity contribution >= 4 is 5.91 Å². The lowest BCUT2D eigenvalue weighted by atomic mass is 9.83. The van der Waals surface area contributed by atoms with Gasteiger partial charge in [0.2, 0.25) is 5.91 Å². The van der Waals surface area contributed by atoms with Crippen molar-refractivity contribution in [1.82, 2.24) is 4.90 Å². The van der Waals surface area contributed by atoms with Gasteiger partial charge in [-0.1, -0.05) is 26.7 Å². The van der Waals surface area contributed by atoms with Crippen LogP contribution in [-0.2, 0) is 4.79 Å². The van der Waals surface area contributed by atoms with Gasteiger partial charge < -0.3 is 4.90 Å². The predicted molar refractivity (Wildman–Crippen MR) is 61.5 cm³/mol. The molecule has 2 heteroatoms. The third kappa shape index (κ3) is 2.19. The number of fused-ring (bicyclic) bond motifs is 1. The number of carbonyl (C=O) groups is 1. The van der Waals surface area contributed by atoms with Gasteiger partial charge >= 0.3 is 0 Å². The maximum absolute atomic E-state index is 12.3. The van der Waals surface area contributed by atoms with Crippen LogP contribution < -0.4 is 0 Å². The lowest BCUT2D eigenvalue weighted by Crippen LogP contribution is -2.48. The summed E-state index contributed by atoms with van der Waals surface area (Å²) in [6.45, 7) is 5.38. The Morgan fingerprint density at radius 1 is 1.13 bits per heavy atom. The SMILES string of the molecule is CC(C)C1CCC2CCCCCN2C1=O. The molecule has 2 fully saturated rings. The van der Waals surface area contributed by atoms with Gasteiger partial charge in [-0.3, -0.25) is 4.79 Å². The number of rotatable bonds is 1. The van der Waals surface area contributed by atoms with E-state index in [2.05, 4.69) is 18.7 Å². The van der Waals surface area contributed by atoms with E-state index in [1.807, 2.05) is 0 Å². The average molecular weight is 209 g/mol. The summed E-state index contributed by atoms with van der Waals surface area (Å²) in [6.07, 6.45) is 7.46. The van der Waals surface area contributed by atoms with E-state index < -0.39 is 0 Å². The molecule has 2 unspecified atom stereocenters. The van der Waals surface area contributed by atoms with E-state index in [0.29, 0.717) is 23.8 Å². The van der Waals surface area contributed by atoms with E-state index >= 15 is 0 Å². The Labute approximate surface area is 93.0 Å². The molecule has 0 N–H and O–H groups in total. The van der Waals surface area contributed by atoms with Crippen molar-refractivity contribution in [3.63, 3.8) is 0 Å². The molecule has 0 radical (unpaired) electrons. The van der Waals surface area contributed by atoms with Crippen molar-refractivity contribution in [3.8, 4) is 0 Å². The number of piperidine rings is 1. The van der Waals surface area contributed by atoms with Crippen LogP contribution in [0.1, 0.15) is 52.4 Å². The Morgan fingerprint density at radius 3 is 2.67 bits per heavy atom. The van der Waals surface area contributed by atoms with Crippen LogP contribution in [0.5, 0.6) is 0 Å². The van der Waals surface area contributed by atoms with Crippen molar-refractivity contribution in [2.24, 2.45) is 11.8 Å². The first-order chi connectivity index (χ1) is 7.20. The second kappa shape index (κ2) is 4.54. The van der Waals surface area contributed by atoms with Gasteiger partial charge in [0.15, 0.2) is 0 Å². The van der Waals surface area contributed by atoms with Gasteiger partial charge in [0.25, 0.3) is 0 Å². The summed E-state index contributed by atoms with van der Waals surface area (Å²) >= 11 is 0. The average Bonchev–Trinajstić information content (AvgIpc) is 2.43. The van der Waals surface area contributed by atoms with Crippen LogP contribution in [0.2, 0.25) is 0 Å². The first-order valence-corrected chi connectivity index (χ1v) is 6.50. The van der Waals surface area contributed by atoms with Crippen LogP contribution in [0.15, 0.2) is 0 Å². The Morgan fingerprint density at radius 2 is 1.93 bits per heavy atom. The fraction of sp³-hybridized carbons (Fsp3) is 0.923. The highest BCUT2D eigenvalue weighted by Crippen LogP contribution is 2.32. The zero-order valence-electron chi connectivity index (χ0n) is 10.0. The number of amides is 1. The number of carbonyl (C=O) groups excluding carboxylic acids is 1. The molecule has 2 atom stereocenters. The topological polar surface area (TPSA) is 20.3 Å². The zero-order valence-corrected chi connectivity index (χ0v) is 10.0. The zero-order chi connectivity index (χ0) is 10.8. The van der Waals surface area contributed by atoms with Gasteiger partial charge in [0, 0.05) is 18.5 Å². The lowest BCUT2D eigenvalue weighted by Gasteiger charge is -2.39. The Bertz CT molecular complexity index is 237. The molecule has 2 aliphatic heterocycles. The third-order valence-corrected chi connectivity index (χ3v) is 4.09. The molecule has 2 nitrogen and oxygen atoms in total. The quantitative estimate of drug-likeness (QED) is 0.650. The summed E-state index contributed by atoms with van der Waals surface area (Å²) in [4.78, 5) is 14.5. The molecule has 15 heavy (non-hydrogen) atoms. The second-order valence-electron chi connectivity index (χ2n) is 5.46. The molecule has 0 aromatic heterocycles. The second-order valence-corrected chi connectivity index (χ2v) is 5.46. The van der Waals surface area contributed by atoms with E-state index in [0.717, 1.165) is 13.0 Å². The Kier molecular flexibility index (Phi) is 3.32. The fourth-order valence-electron chi connectivity index (χ4n) is 3.09. The molecule has 2 rings (SSSR count). The summed E-state index contributed by atoms with van der Waals surface area (Å²) in [5, 5.41) is 0. The predicted octanol–water partition coefficient (Wildman–Crippen LogP) is 2.82. The van der Waals surface area contributed by atoms with E-state index in [1.54, 1.807) is 0 Å². The van der Waals surface area contributed by atoms with Gasteiger partial charge in [0.05, 0.1) is 0 Å². The summed E-state index contributed by atoms with van der Waals surface area (Å²) in [7, 11) is 0. The first-order valence-electron chi connectivity index (χ1n) is 6.50. The van der Waals surface area contributed by atoms with E-state index in [9.17, 15) is 4.79 Å². The minimum atomic E-state index is 0.305. The third-order valence-electron chi connectivity index (χ3n) is 4.09. The molecule has 0 bridgehead atoms. The maximum Gasteiger partial charge on any atom is 0.226 e. The highest BCUT2D eigenvalue weighted by atomic mass is 16.2.